The molecule has 4 nitrogen and oxygen atoms in total. The Morgan fingerprint density at radius 3 is 2.81 bits per heavy atom. The molecule has 0 unspecified atom stereocenters. The summed E-state index contributed by atoms with van der Waals surface area (Å²) in [5, 5.41) is 4.13. The van der Waals surface area contributed by atoms with E-state index in [1.165, 1.54) is 0 Å². The second kappa shape index (κ2) is 4.59. The lowest BCUT2D eigenvalue weighted by Gasteiger charge is -2.03. The average molecular weight is 255 g/mol. The van der Waals surface area contributed by atoms with Gasteiger partial charge in [0, 0.05) is 0 Å². The number of benzene rings is 1. The highest BCUT2D eigenvalue weighted by molar-refractivity contribution is 7.07. The highest BCUT2D eigenvalue weighted by Gasteiger charge is 2.16. The summed E-state index contributed by atoms with van der Waals surface area (Å²) in [4.78, 5) is 12.1. The molecule has 0 aliphatic rings. The van der Waals surface area contributed by atoms with Crippen LogP contribution in [0.4, 0.5) is 0 Å². The van der Waals surface area contributed by atoms with Crippen LogP contribution in [-0.2, 0) is 0 Å². The number of nitrogens with zero attached hydrogens (tertiary/aromatic N) is 2. The number of para-hydroxylation sites is 1. The minimum absolute atomic E-state index is 0.335. The number of hydrogen-bond donors (Lipinski definition) is 0. The third-order valence-electron chi connectivity index (χ3n) is 1.88. The van der Waals surface area contributed by atoms with E-state index in [2.05, 4.69) is 9.59 Å². The van der Waals surface area contributed by atoms with Gasteiger partial charge in [-0.05, 0) is 30.6 Å². The van der Waals surface area contributed by atoms with Gasteiger partial charge in [0.25, 0.3) is 0 Å². The molecule has 0 spiro atoms. The van der Waals surface area contributed by atoms with Crippen LogP contribution >= 0.6 is 23.1 Å². The molecule has 2 aromatic rings. The van der Waals surface area contributed by atoms with Gasteiger partial charge in [-0.3, -0.25) is 0 Å². The summed E-state index contributed by atoms with van der Waals surface area (Å²) in [6.07, 6.45) is 0. The number of carbonyl (C=O) groups excluding carboxylic acids is 1. The van der Waals surface area contributed by atoms with Gasteiger partial charge in [0.05, 0.1) is 10.7 Å². The Morgan fingerprint density at radius 1 is 1.44 bits per heavy atom. The minimum Gasteiger partial charge on any atom is -0.421 e. The second-order valence-corrected chi connectivity index (χ2v) is 4.17. The molecule has 16 heavy (non-hydrogen) atoms. The maximum absolute atomic E-state index is 11.7. The minimum atomic E-state index is -0.486. The molecule has 0 saturated carbocycles. The zero-order valence-electron chi connectivity index (χ0n) is 8.31. The van der Waals surface area contributed by atoms with Crippen molar-refractivity contribution in [1.82, 2.24) is 9.59 Å². The van der Waals surface area contributed by atoms with Crippen molar-refractivity contribution in [3.63, 3.8) is 0 Å². The third-order valence-corrected chi connectivity index (χ3v) is 3.00. The molecule has 0 saturated heterocycles. The van der Waals surface area contributed by atoms with Crippen molar-refractivity contribution < 1.29 is 9.53 Å². The van der Waals surface area contributed by atoms with Crippen LogP contribution in [0.5, 0.6) is 5.75 Å². The van der Waals surface area contributed by atoms with Gasteiger partial charge in [-0.1, -0.05) is 28.2 Å². The molecule has 0 amide bonds. The van der Waals surface area contributed by atoms with Gasteiger partial charge in [-0.2, -0.15) is 0 Å². The molecule has 0 radical (unpaired) electrons. The first-order chi connectivity index (χ1) is 7.68. The number of halogens is 1. The molecular formula is C10H7ClN2O2S. The number of esters is 1. The van der Waals surface area contributed by atoms with Crippen molar-refractivity contribution >= 4 is 29.1 Å². The quantitative estimate of drug-likeness (QED) is 0.611. The van der Waals surface area contributed by atoms with Crippen LogP contribution in [0.25, 0.3) is 0 Å². The molecule has 0 aliphatic carbocycles. The monoisotopic (exact) mass is 254 g/mol. The number of aryl methyl sites for hydroxylation is 1. The Bertz CT molecular complexity index is 527. The summed E-state index contributed by atoms with van der Waals surface area (Å²) in [5.41, 5.74) is 0.557. The summed E-state index contributed by atoms with van der Waals surface area (Å²) in [7, 11) is 0. The van der Waals surface area contributed by atoms with E-state index in [9.17, 15) is 4.79 Å². The van der Waals surface area contributed by atoms with E-state index in [1.54, 1.807) is 31.2 Å². The SMILES string of the molecule is Cc1nnsc1C(=O)Oc1ccccc1Cl. The molecule has 0 N–H and O–H groups in total. The Hall–Kier alpha value is -1.46. The van der Waals surface area contributed by atoms with Gasteiger partial charge >= 0.3 is 5.97 Å². The molecule has 6 heteroatoms. The Labute approximate surface area is 101 Å². The van der Waals surface area contributed by atoms with Gasteiger partial charge in [0.2, 0.25) is 0 Å². The first kappa shape index (κ1) is 11.0. The first-order valence-electron chi connectivity index (χ1n) is 4.44. The lowest BCUT2D eigenvalue weighted by Crippen LogP contribution is -2.08. The fraction of sp³-hybridized carbons (Fsp3) is 0.100. The van der Waals surface area contributed by atoms with E-state index in [1.807, 2.05) is 0 Å². The van der Waals surface area contributed by atoms with Crippen molar-refractivity contribution in [2.45, 2.75) is 6.92 Å². The highest BCUT2D eigenvalue weighted by Crippen LogP contribution is 2.24. The third kappa shape index (κ3) is 2.20. The van der Waals surface area contributed by atoms with Crippen LogP contribution in [-0.4, -0.2) is 15.6 Å². The topological polar surface area (TPSA) is 52.1 Å². The van der Waals surface area contributed by atoms with Crippen LogP contribution in [0.15, 0.2) is 24.3 Å². The molecule has 82 valence electrons. The largest absolute Gasteiger partial charge is 0.421 e. The smallest absolute Gasteiger partial charge is 0.357 e. The van der Waals surface area contributed by atoms with Crippen molar-refractivity contribution in [3.05, 3.63) is 39.9 Å². The van der Waals surface area contributed by atoms with Crippen molar-refractivity contribution in [2.75, 3.05) is 0 Å². The van der Waals surface area contributed by atoms with Crippen molar-refractivity contribution in [3.8, 4) is 5.75 Å². The van der Waals surface area contributed by atoms with E-state index in [-0.39, 0.29) is 0 Å². The lowest BCUT2D eigenvalue weighted by atomic mass is 10.3. The van der Waals surface area contributed by atoms with E-state index < -0.39 is 5.97 Å². The molecule has 2 rings (SSSR count). The van der Waals surface area contributed by atoms with E-state index in [0.717, 1.165) is 11.5 Å². The molecular weight excluding hydrogens is 248 g/mol. The summed E-state index contributed by atoms with van der Waals surface area (Å²) < 4.78 is 8.79. The molecule has 0 atom stereocenters. The van der Waals surface area contributed by atoms with Gasteiger partial charge in [0.1, 0.15) is 5.75 Å². The molecule has 1 heterocycles. The van der Waals surface area contributed by atoms with Gasteiger partial charge in [0.15, 0.2) is 4.88 Å². The summed E-state index contributed by atoms with van der Waals surface area (Å²) in [6.45, 7) is 1.70. The maximum Gasteiger partial charge on any atom is 0.357 e. The normalized spacial score (nSPS) is 10.1. The van der Waals surface area contributed by atoms with Crippen LogP contribution in [0, 0.1) is 6.92 Å². The highest BCUT2D eigenvalue weighted by atomic mass is 35.5. The molecule has 0 aliphatic heterocycles. The predicted molar refractivity (Wildman–Crippen MR) is 61.1 cm³/mol. The first-order valence-corrected chi connectivity index (χ1v) is 5.59. The fourth-order valence-corrected chi connectivity index (χ4v) is 1.80. The number of rotatable bonds is 2. The number of ether oxygens (including phenoxy) is 1. The maximum atomic E-state index is 11.7. The number of carbonyl (C=O) groups is 1. The van der Waals surface area contributed by atoms with Gasteiger partial charge in [-0.15, -0.1) is 5.10 Å². The lowest BCUT2D eigenvalue weighted by molar-refractivity contribution is 0.0739. The zero-order valence-corrected chi connectivity index (χ0v) is 9.88. The zero-order chi connectivity index (χ0) is 11.5. The van der Waals surface area contributed by atoms with Crippen LogP contribution in [0.3, 0.4) is 0 Å². The molecule has 1 aromatic heterocycles. The standard InChI is InChI=1S/C10H7ClN2O2S/c1-6-9(16-13-12-6)10(14)15-8-5-3-2-4-7(8)11/h2-5H,1H3. The van der Waals surface area contributed by atoms with E-state index in [4.69, 9.17) is 16.3 Å². The van der Waals surface area contributed by atoms with Crippen LogP contribution in [0.2, 0.25) is 5.02 Å². The fourth-order valence-electron chi connectivity index (χ4n) is 1.09. The van der Waals surface area contributed by atoms with Crippen LogP contribution in [0.1, 0.15) is 15.4 Å². The molecule has 0 bridgehead atoms. The molecule has 0 fully saturated rings. The van der Waals surface area contributed by atoms with Gasteiger partial charge < -0.3 is 4.74 Å². The second-order valence-electron chi connectivity index (χ2n) is 3.01. The summed E-state index contributed by atoms with van der Waals surface area (Å²) >= 11 is 6.87. The van der Waals surface area contributed by atoms with Crippen molar-refractivity contribution in [1.29, 1.82) is 0 Å². The van der Waals surface area contributed by atoms with E-state index >= 15 is 0 Å². The molecule has 1 aromatic carbocycles. The predicted octanol–water partition coefficient (Wildman–Crippen LogP) is 2.72. The Morgan fingerprint density at radius 2 is 2.19 bits per heavy atom. The Kier molecular flexibility index (Phi) is 3.17. The average Bonchev–Trinajstić information content (AvgIpc) is 2.68. The van der Waals surface area contributed by atoms with Crippen molar-refractivity contribution in [2.24, 2.45) is 0 Å². The van der Waals surface area contributed by atoms with Crippen LogP contribution < -0.4 is 4.74 Å². The van der Waals surface area contributed by atoms with Gasteiger partial charge in [-0.25, -0.2) is 4.79 Å². The summed E-state index contributed by atoms with van der Waals surface area (Å²) in [6, 6.07) is 6.79. The number of aromatic nitrogens is 2. The Balaban J connectivity index is 2.21. The summed E-state index contributed by atoms with van der Waals surface area (Å²) in [5.74, 6) is -0.150. The van der Waals surface area contributed by atoms with E-state index in [0.29, 0.717) is 21.3 Å². The number of hydrogen-bond acceptors (Lipinski definition) is 5.